The normalized spacial score (nSPS) is 17.8. The fourth-order valence-corrected chi connectivity index (χ4v) is 6.50. The lowest BCUT2D eigenvalue weighted by molar-refractivity contribution is -0.384. The lowest BCUT2D eigenvalue weighted by atomic mass is 10.1. The molecule has 2 aliphatic heterocycles. The van der Waals surface area contributed by atoms with Crippen LogP contribution in [-0.2, 0) is 11.3 Å². The van der Waals surface area contributed by atoms with E-state index in [1.165, 1.54) is 35.7 Å². The maximum Gasteiger partial charge on any atom is 0.269 e. The van der Waals surface area contributed by atoms with Crippen LogP contribution in [0.15, 0.2) is 93.1 Å². The molecule has 0 atom stereocenters. The molecule has 200 valence electrons. The number of amidine groups is 1. The fraction of sp³-hybridized carbons (Fsp3) is 0.138. The second-order valence-electron chi connectivity index (χ2n) is 8.87. The number of nitro groups is 1. The van der Waals surface area contributed by atoms with E-state index in [9.17, 15) is 20.2 Å². The van der Waals surface area contributed by atoms with Gasteiger partial charge in [-0.2, -0.15) is 5.26 Å². The summed E-state index contributed by atoms with van der Waals surface area (Å²) in [4.78, 5) is 33.6. The molecule has 0 saturated carbocycles. The number of hydrogen-bond donors (Lipinski definition) is 1. The smallest absolute Gasteiger partial charge is 0.269 e. The third-order valence-corrected chi connectivity index (χ3v) is 8.51. The molecule has 2 heterocycles. The molecule has 0 bridgehead atoms. The van der Waals surface area contributed by atoms with Gasteiger partial charge in [0.1, 0.15) is 4.91 Å². The van der Waals surface area contributed by atoms with Gasteiger partial charge in [0.25, 0.3) is 11.6 Å². The molecule has 0 aliphatic carbocycles. The largest absolute Gasteiger partial charge is 0.384 e. The number of non-ortho nitro benzene ring substituents is 1. The summed E-state index contributed by atoms with van der Waals surface area (Å²) in [7, 11) is 1.87. The standard InChI is InChI=1S/C29H24N6O3S2/c1-3-31-23-14-9-20(16-30)15-24(23)32-29-34(17-19-7-5-4-6-8-19)27(36)26(40-29)28-33(2)25(18-39-28)21-10-12-22(13-11-21)35(37)38/h4-15,18,31H,3,17H2,1-2H3/b28-26-,32-29?. The van der Waals surface area contributed by atoms with Gasteiger partial charge in [-0.25, -0.2) is 4.99 Å². The zero-order chi connectivity index (χ0) is 28.2. The van der Waals surface area contributed by atoms with Gasteiger partial charge in [0.2, 0.25) is 0 Å². The first-order chi connectivity index (χ1) is 19.4. The maximum absolute atomic E-state index is 13.9. The summed E-state index contributed by atoms with van der Waals surface area (Å²) < 4.78 is 0. The minimum absolute atomic E-state index is 0.0209. The molecule has 0 aromatic heterocycles. The van der Waals surface area contributed by atoms with Gasteiger partial charge in [0.15, 0.2) is 5.17 Å². The predicted octanol–water partition coefficient (Wildman–Crippen LogP) is 6.51. The quantitative estimate of drug-likeness (QED) is 0.195. The van der Waals surface area contributed by atoms with Gasteiger partial charge in [0.05, 0.1) is 45.2 Å². The highest BCUT2D eigenvalue weighted by Gasteiger charge is 2.38. The number of aliphatic imine (C=N–C) groups is 1. The van der Waals surface area contributed by atoms with Crippen LogP contribution in [0.1, 0.15) is 23.6 Å². The second kappa shape index (κ2) is 11.7. The molecule has 0 unspecified atom stereocenters. The number of amides is 1. The van der Waals surface area contributed by atoms with E-state index in [-0.39, 0.29) is 11.6 Å². The molecule has 3 aromatic carbocycles. The van der Waals surface area contributed by atoms with Crippen LogP contribution in [-0.4, -0.2) is 39.4 Å². The van der Waals surface area contributed by atoms with E-state index < -0.39 is 4.92 Å². The average molecular weight is 569 g/mol. The number of anilines is 1. The van der Waals surface area contributed by atoms with Gasteiger partial charge in [0, 0.05) is 31.1 Å². The van der Waals surface area contributed by atoms with E-state index >= 15 is 0 Å². The predicted molar refractivity (Wildman–Crippen MR) is 160 cm³/mol. The Hall–Kier alpha value is -4.53. The van der Waals surface area contributed by atoms with Crippen LogP contribution in [0, 0.1) is 21.4 Å². The van der Waals surface area contributed by atoms with Crippen LogP contribution >= 0.6 is 23.5 Å². The van der Waals surface area contributed by atoms with Crippen molar-refractivity contribution in [3.63, 3.8) is 0 Å². The zero-order valence-electron chi connectivity index (χ0n) is 21.7. The van der Waals surface area contributed by atoms with Crippen LogP contribution in [0.2, 0.25) is 0 Å². The number of carbonyl (C=O) groups excluding carboxylic acids is 1. The molecule has 2 aliphatic rings. The Bertz CT molecular complexity index is 1610. The van der Waals surface area contributed by atoms with Gasteiger partial charge < -0.3 is 10.2 Å². The van der Waals surface area contributed by atoms with Crippen LogP contribution in [0.3, 0.4) is 0 Å². The molecule has 11 heteroatoms. The first kappa shape index (κ1) is 27.1. The van der Waals surface area contributed by atoms with E-state index in [0.717, 1.165) is 27.5 Å². The van der Waals surface area contributed by atoms with Crippen LogP contribution < -0.4 is 5.32 Å². The highest BCUT2D eigenvalue weighted by atomic mass is 32.2. The Labute approximate surface area is 240 Å². The van der Waals surface area contributed by atoms with Gasteiger partial charge in [-0.1, -0.05) is 42.1 Å². The van der Waals surface area contributed by atoms with E-state index in [0.29, 0.717) is 34.4 Å². The molecular weight excluding hydrogens is 544 g/mol. The van der Waals surface area contributed by atoms with E-state index in [1.807, 2.05) is 60.7 Å². The minimum atomic E-state index is -0.428. The number of rotatable bonds is 7. The molecule has 1 amide bonds. The number of nitriles is 1. The van der Waals surface area contributed by atoms with E-state index in [4.69, 9.17) is 4.99 Å². The van der Waals surface area contributed by atoms with Crippen molar-refractivity contribution in [2.75, 3.05) is 18.9 Å². The lowest BCUT2D eigenvalue weighted by Gasteiger charge is -2.19. The molecule has 9 nitrogen and oxygen atoms in total. The first-order valence-corrected chi connectivity index (χ1v) is 14.1. The SMILES string of the molecule is CCNc1ccc(C#N)cc1N=C1S/C(=C2\SC=C(c3ccc([N+](=O)[O-])cc3)N2C)C(=O)N1Cc1ccccc1. The Balaban J connectivity index is 1.53. The topological polar surface area (TPSA) is 115 Å². The fourth-order valence-electron chi connectivity index (χ4n) is 4.26. The van der Waals surface area contributed by atoms with Crippen molar-refractivity contribution in [3.05, 3.63) is 115 Å². The van der Waals surface area contributed by atoms with Crippen LogP contribution in [0.25, 0.3) is 5.70 Å². The molecule has 1 fully saturated rings. The van der Waals surface area contributed by atoms with Crippen molar-refractivity contribution in [2.45, 2.75) is 13.5 Å². The molecule has 0 spiro atoms. The van der Waals surface area contributed by atoms with Crippen molar-refractivity contribution in [2.24, 2.45) is 4.99 Å². The lowest BCUT2D eigenvalue weighted by Crippen LogP contribution is -2.29. The molecule has 0 radical (unpaired) electrons. The number of hydrogen-bond acceptors (Lipinski definition) is 9. The first-order valence-electron chi connectivity index (χ1n) is 12.4. The summed E-state index contributed by atoms with van der Waals surface area (Å²) >= 11 is 2.73. The van der Waals surface area contributed by atoms with Gasteiger partial charge in [-0.3, -0.25) is 19.8 Å². The Morgan fingerprint density at radius 2 is 1.85 bits per heavy atom. The van der Waals surface area contributed by atoms with Crippen LogP contribution in [0.4, 0.5) is 17.1 Å². The number of carbonyl (C=O) groups is 1. The summed E-state index contributed by atoms with van der Waals surface area (Å²) in [6.45, 7) is 3.00. The molecular formula is C29H24N6O3S2. The van der Waals surface area contributed by atoms with Crippen LogP contribution in [0.5, 0.6) is 0 Å². The maximum atomic E-state index is 13.9. The average Bonchev–Trinajstić information content (AvgIpc) is 3.49. The summed E-state index contributed by atoms with van der Waals surface area (Å²) in [6, 6.07) is 23.5. The van der Waals surface area contributed by atoms with Crippen molar-refractivity contribution in [3.8, 4) is 6.07 Å². The molecule has 1 saturated heterocycles. The molecule has 40 heavy (non-hydrogen) atoms. The number of nitrogens with zero attached hydrogens (tertiary/aromatic N) is 5. The number of benzene rings is 3. The summed E-state index contributed by atoms with van der Waals surface area (Å²) in [6.07, 6.45) is 0. The molecule has 3 aromatic rings. The van der Waals surface area contributed by atoms with E-state index in [1.54, 1.807) is 29.2 Å². The van der Waals surface area contributed by atoms with Crippen molar-refractivity contribution in [1.29, 1.82) is 5.26 Å². The summed E-state index contributed by atoms with van der Waals surface area (Å²) in [5.74, 6) is -0.165. The zero-order valence-corrected chi connectivity index (χ0v) is 23.3. The monoisotopic (exact) mass is 568 g/mol. The third-order valence-electron chi connectivity index (χ3n) is 6.27. The second-order valence-corrected chi connectivity index (χ2v) is 10.7. The number of nitro benzene ring substituents is 1. The van der Waals surface area contributed by atoms with Gasteiger partial charge in [-0.05, 0) is 60.1 Å². The van der Waals surface area contributed by atoms with E-state index in [2.05, 4.69) is 11.4 Å². The Morgan fingerprint density at radius 3 is 2.52 bits per heavy atom. The Kier molecular flexibility index (Phi) is 7.91. The number of thioether (sulfide) groups is 2. The van der Waals surface area contributed by atoms with Crippen molar-refractivity contribution < 1.29 is 9.72 Å². The summed E-state index contributed by atoms with van der Waals surface area (Å²) in [5, 5.41) is 27.0. The van der Waals surface area contributed by atoms with Gasteiger partial charge in [-0.15, -0.1) is 0 Å². The number of nitrogens with one attached hydrogen (secondary N) is 1. The highest BCUT2D eigenvalue weighted by Crippen LogP contribution is 2.46. The summed E-state index contributed by atoms with van der Waals surface area (Å²) in [5.41, 5.74) is 4.47. The molecule has 5 rings (SSSR count). The minimum Gasteiger partial charge on any atom is -0.384 e. The third kappa shape index (κ3) is 5.45. The molecule has 1 N–H and O–H groups in total. The van der Waals surface area contributed by atoms with Crippen molar-refractivity contribution >= 4 is 57.4 Å². The van der Waals surface area contributed by atoms with Crippen molar-refractivity contribution in [1.82, 2.24) is 9.80 Å². The Morgan fingerprint density at radius 1 is 1.10 bits per heavy atom. The highest BCUT2D eigenvalue weighted by molar-refractivity contribution is 8.19. The van der Waals surface area contributed by atoms with Gasteiger partial charge >= 0.3 is 0 Å².